The predicted octanol–water partition coefficient (Wildman–Crippen LogP) is 4.10. The standard InChI is InChI=1S/C16H12Cl2N2O/c17-12-7-14(18)13-4-5-20(15(13)8-12)9-10-2-1-3-11(6-10)16(19)21/h1-8H,9H2,(H2,19,21). The minimum Gasteiger partial charge on any atom is -0.366 e. The van der Waals surface area contributed by atoms with Gasteiger partial charge in [0.15, 0.2) is 0 Å². The van der Waals surface area contributed by atoms with Crippen LogP contribution >= 0.6 is 23.2 Å². The van der Waals surface area contributed by atoms with E-state index < -0.39 is 5.91 Å². The lowest BCUT2D eigenvalue weighted by Gasteiger charge is -2.07. The summed E-state index contributed by atoms with van der Waals surface area (Å²) in [6, 6.07) is 12.8. The first kappa shape index (κ1) is 14.0. The molecule has 0 radical (unpaired) electrons. The Morgan fingerprint density at radius 3 is 2.71 bits per heavy atom. The van der Waals surface area contributed by atoms with Crippen molar-refractivity contribution in [3.8, 4) is 0 Å². The van der Waals surface area contributed by atoms with Gasteiger partial charge in [-0.3, -0.25) is 4.79 Å². The van der Waals surface area contributed by atoms with E-state index in [9.17, 15) is 4.79 Å². The summed E-state index contributed by atoms with van der Waals surface area (Å²) in [6.07, 6.45) is 1.95. The van der Waals surface area contributed by atoms with Gasteiger partial charge in [0, 0.05) is 28.7 Å². The molecule has 3 nitrogen and oxygen atoms in total. The van der Waals surface area contributed by atoms with Crippen LogP contribution in [0.1, 0.15) is 15.9 Å². The second-order valence-corrected chi connectivity index (χ2v) is 5.67. The number of hydrogen-bond acceptors (Lipinski definition) is 1. The van der Waals surface area contributed by atoms with Crippen LogP contribution in [-0.2, 0) is 6.54 Å². The third-order valence-electron chi connectivity index (χ3n) is 3.37. The summed E-state index contributed by atoms with van der Waals surface area (Å²) in [5.74, 6) is -0.430. The van der Waals surface area contributed by atoms with Crippen LogP contribution < -0.4 is 5.73 Å². The molecule has 0 saturated carbocycles. The highest BCUT2D eigenvalue weighted by Gasteiger charge is 2.08. The molecule has 0 saturated heterocycles. The number of aromatic nitrogens is 1. The highest BCUT2D eigenvalue weighted by Crippen LogP contribution is 2.29. The van der Waals surface area contributed by atoms with Crippen LogP contribution in [0.4, 0.5) is 0 Å². The van der Waals surface area contributed by atoms with E-state index in [4.69, 9.17) is 28.9 Å². The SMILES string of the molecule is NC(=O)c1cccc(Cn2ccc3c(Cl)cc(Cl)cc32)c1. The summed E-state index contributed by atoms with van der Waals surface area (Å²) in [7, 11) is 0. The molecule has 2 N–H and O–H groups in total. The van der Waals surface area contributed by atoms with Crippen molar-refractivity contribution in [1.82, 2.24) is 4.57 Å². The lowest BCUT2D eigenvalue weighted by Crippen LogP contribution is -2.11. The van der Waals surface area contributed by atoms with Gasteiger partial charge < -0.3 is 10.3 Å². The van der Waals surface area contributed by atoms with Crippen molar-refractivity contribution in [3.63, 3.8) is 0 Å². The summed E-state index contributed by atoms with van der Waals surface area (Å²) in [6.45, 7) is 0.612. The fraction of sp³-hybridized carbons (Fsp3) is 0.0625. The Bertz CT molecular complexity index is 839. The average Bonchev–Trinajstić information content (AvgIpc) is 2.82. The van der Waals surface area contributed by atoms with Crippen molar-refractivity contribution in [3.05, 3.63) is 69.8 Å². The first-order valence-corrected chi connectivity index (χ1v) is 7.13. The Balaban J connectivity index is 2.02. The van der Waals surface area contributed by atoms with Gasteiger partial charge in [0.2, 0.25) is 5.91 Å². The van der Waals surface area contributed by atoms with Crippen molar-refractivity contribution >= 4 is 40.0 Å². The molecule has 1 amide bonds. The molecule has 0 aliphatic rings. The number of carbonyl (C=O) groups excluding carboxylic acids is 1. The first-order chi connectivity index (χ1) is 10.0. The summed E-state index contributed by atoms with van der Waals surface area (Å²) in [4.78, 5) is 11.2. The molecule has 0 aliphatic heterocycles. The maximum absolute atomic E-state index is 11.2. The first-order valence-electron chi connectivity index (χ1n) is 6.37. The number of nitrogens with zero attached hydrogens (tertiary/aromatic N) is 1. The Morgan fingerprint density at radius 2 is 1.95 bits per heavy atom. The topological polar surface area (TPSA) is 48.0 Å². The van der Waals surface area contributed by atoms with E-state index in [1.165, 1.54) is 0 Å². The van der Waals surface area contributed by atoms with Gasteiger partial charge in [-0.15, -0.1) is 0 Å². The quantitative estimate of drug-likeness (QED) is 0.776. The molecule has 0 atom stereocenters. The summed E-state index contributed by atoms with van der Waals surface area (Å²) in [5, 5.41) is 2.17. The zero-order valence-electron chi connectivity index (χ0n) is 11.0. The predicted molar refractivity (Wildman–Crippen MR) is 86.0 cm³/mol. The number of halogens is 2. The van der Waals surface area contributed by atoms with Crippen molar-refractivity contribution in [2.75, 3.05) is 0 Å². The zero-order chi connectivity index (χ0) is 15.0. The molecule has 3 rings (SSSR count). The molecule has 1 aromatic heterocycles. The Morgan fingerprint density at radius 1 is 1.14 bits per heavy atom. The molecule has 2 aromatic carbocycles. The Hall–Kier alpha value is -1.97. The fourth-order valence-corrected chi connectivity index (χ4v) is 2.92. The summed E-state index contributed by atoms with van der Waals surface area (Å²) in [5.41, 5.74) is 7.75. The molecular weight excluding hydrogens is 307 g/mol. The van der Waals surface area contributed by atoms with Crippen LogP contribution in [-0.4, -0.2) is 10.5 Å². The van der Waals surface area contributed by atoms with E-state index >= 15 is 0 Å². The number of benzene rings is 2. The third kappa shape index (κ3) is 2.75. The average molecular weight is 319 g/mol. The van der Waals surface area contributed by atoms with Gasteiger partial charge in [-0.25, -0.2) is 0 Å². The number of nitrogens with two attached hydrogens (primary N) is 1. The van der Waals surface area contributed by atoms with Gasteiger partial charge in [-0.1, -0.05) is 35.3 Å². The minimum absolute atomic E-state index is 0.430. The molecular formula is C16H12Cl2N2O. The smallest absolute Gasteiger partial charge is 0.248 e. The molecule has 0 unspecified atom stereocenters. The molecule has 106 valence electrons. The lowest BCUT2D eigenvalue weighted by atomic mass is 10.1. The molecule has 0 bridgehead atoms. The molecule has 5 heteroatoms. The number of rotatable bonds is 3. The number of carbonyl (C=O) groups is 1. The van der Waals surface area contributed by atoms with Gasteiger partial charge in [-0.05, 0) is 35.9 Å². The maximum Gasteiger partial charge on any atom is 0.248 e. The number of primary amides is 1. The van der Waals surface area contributed by atoms with E-state index in [2.05, 4.69) is 0 Å². The molecule has 0 spiro atoms. The van der Waals surface area contributed by atoms with Crippen LogP contribution in [0.5, 0.6) is 0 Å². The molecule has 21 heavy (non-hydrogen) atoms. The van der Waals surface area contributed by atoms with Crippen LogP contribution in [0.3, 0.4) is 0 Å². The lowest BCUT2D eigenvalue weighted by molar-refractivity contribution is 0.1000. The van der Waals surface area contributed by atoms with E-state index in [0.29, 0.717) is 22.2 Å². The van der Waals surface area contributed by atoms with Crippen molar-refractivity contribution in [2.24, 2.45) is 5.73 Å². The van der Waals surface area contributed by atoms with E-state index in [1.54, 1.807) is 18.2 Å². The van der Waals surface area contributed by atoms with E-state index in [0.717, 1.165) is 16.5 Å². The Kier molecular flexibility index (Phi) is 3.62. The largest absolute Gasteiger partial charge is 0.366 e. The monoisotopic (exact) mass is 318 g/mol. The minimum atomic E-state index is -0.430. The van der Waals surface area contributed by atoms with Gasteiger partial charge in [-0.2, -0.15) is 0 Å². The highest BCUT2D eigenvalue weighted by molar-refractivity contribution is 6.38. The van der Waals surface area contributed by atoms with Crippen molar-refractivity contribution < 1.29 is 4.79 Å². The van der Waals surface area contributed by atoms with Crippen LogP contribution in [0.25, 0.3) is 10.9 Å². The number of fused-ring (bicyclic) bond motifs is 1. The maximum atomic E-state index is 11.2. The van der Waals surface area contributed by atoms with Crippen molar-refractivity contribution in [2.45, 2.75) is 6.54 Å². The fourth-order valence-electron chi connectivity index (χ4n) is 2.38. The normalized spacial score (nSPS) is 11.0. The molecule has 0 aliphatic carbocycles. The van der Waals surface area contributed by atoms with E-state index in [1.807, 2.05) is 35.0 Å². The van der Waals surface area contributed by atoms with Crippen LogP contribution in [0, 0.1) is 0 Å². The second kappa shape index (κ2) is 5.43. The van der Waals surface area contributed by atoms with Gasteiger partial charge in [0.25, 0.3) is 0 Å². The zero-order valence-corrected chi connectivity index (χ0v) is 12.5. The number of amides is 1. The van der Waals surface area contributed by atoms with E-state index in [-0.39, 0.29) is 0 Å². The molecule has 1 heterocycles. The summed E-state index contributed by atoms with van der Waals surface area (Å²) < 4.78 is 2.03. The highest BCUT2D eigenvalue weighted by atomic mass is 35.5. The molecule has 0 fully saturated rings. The van der Waals surface area contributed by atoms with Gasteiger partial charge >= 0.3 is 0 Å². The van der Waals surface area contributed by atoms with Gasteiger partial charge in [0.1, 0.15) is 0 Å². The third-order valence-corrected chi connectivity index (χ3v) is 3.90. The number of hydrogen-bond donors (Lipinski definition) is 1. The van der Waals surface area contributed by atoms with Crippen LogP contribution in [0.2, 0.25) is 10.0 Å². The van der Waals surface area contributed by atoms with Crippen LogP contribution in [0.15, 0.2) is 48.7 Å². The Labute approximate surface area is 131 Å². The molecule has 3 aromatic rings. The summed E-state index contributed by atoms with van der Waals surface area (Å²) >= 11 is 12.3. The van der Waals surface area contributed by atoms with Crippen molar-refractivity contribution in [1.29, 1.82) is 0 Å². The van der Waals surface area contributed by atoms with Gasteiger partial charge in [0.05, 0.1) is 10.5 Å². The second-order valence-electron chi connectivity index (χ2n) is 4.83.